The number of rotatable bonds is 5. The SMILES string of the molecule is CC1=C(C)N(c2[c-]c(Oc3[c-]c4c(cc3)c(-c3c(C)cc(C)cc3C)nn4-c3cc(C(C)(C)C)ccn3)ccc2)[CH-]N1C.[Pt]. The Morgan fingerprint density at radius 1 is 0.841 bits per heavy atom. The van der Waals surface area contributed by atoms with Gasteiger partial charge >= 0.3 is 0 Å². The molecule has 5 aromatic rings. The molecule has 2 aromatic heterocycles. The summed E-state index contributed by atoms with van der Waals surface area (Å²) in [5, 5.41) is 6.17. The second-order valence-corrected chi connectivity index (χ2v) is 12.5. The van der Waals surface area contributed by atoms with E-state index in [1.807, 2.05) is 42.2 Å². The van der Waals surface area contributed by atoms with Crippen LogP contribution in [-0.4, -0.2) is 26.7 Å². The molecule has 3 aromatic carbocycles. The first-order chi connectivity index (χ1) is 20.4. The molecule has 230 valence electrons. The van der Waals surface area contributed by atoms with Crippen molar-refractivity contribution in [3.05, 3.63) is 113 Å². The van der Waals surface area contributed by atoms with Crippen LogP contribution >= 0.6 is 0 Å². The Hall–Kier alpha value is -3.89. The van der Waals surface area contributed by atoms with Crippen LogP contribution in [0.2, 0.25) is 0 Å². The number of hydrogen-bond donors (Lipinski definition) is 0. The third kappa shape index (κ3) is 5.80. The number of nitrogens with zero attached hydrogens (tertiary/aromatic N) is 5. The molecule has 0 radical (unpaired) electrons. The van der Waals surface area contributed by atoms with Crippen LogP contribution in [0.3, 0.4) is 0 Å². The van der Waals surface area contributed by atoms with Crippen molar-refractivity contribution < 1.29 is 25.8 Å². The second kappa shape index (κ2) is 11.9. The number of ether oxygens (including phenoxy) is 1. The van der Waals surface area contributed by atoms with Gasteiger partial charge in [0.15, 0.2) is 5.82 Å². The fourth-order valence-corrected chi connectivity index (χ4v) is 5.76. The quantitative estimate of drug-likeness (QED) is 0.168. The minimum atomic E-state index is -0.0277. The van der Waals surface area contributed by atoms with Crippen LogP contribution in [0.25, 0.3) is 28.0 Å². The van der Waals surface area contributed by atoms with E-state index in [1.54, 1.807) is 0 Å². The van der Waals surface area contributed by atoms with Gasteiger partial charge in [0.2, 0.25) is 0 Å². The van der Waals surface area contributed by atoms with Crippen molar-refractivity contribution in [3.8, 4) is 28.6 Å². The molecule has 0 bridgehead atoms. The van der Waals surface area contributed by atoms with Crippen molar-refractivity contribution in [2.24, 2.45) is 0 Å². The molecule has 0 N–H and O–H groups in total. The number of benzene rings is 3. The van der Waals surface area contributed by atoms with Crippen LogP contribution < -0.4 is 9.64 Å². The normalized spacial score (nSPS) is 13.6. The molecule has 0 unspecified atom stereocenters. The zero-order chi connectivity index (χ0) is 30.6. The standard InChI is InChI=1S/C37H38N5O.Pt/c1-23-17-24(2)35(25(3)18-23)36-32-14-13-31(21-33(32)42(39-36)34-19-28(15-16-38-34)37(6,7)8)43-30-12-10-11-29(20-30)41-22-40(9)26(4)27(41)5;/h10-19,22H,1-9H3;/q-3;. The Balaban J connectivity index is 0.00000384. The molecular formula is C37H38N5OPt-3. The van der Waals surface area contributed by atoms with E-state index < -0.39 is 0 Å². The molecule has 0 saturated carbocycles. The second-order valence-electron chi connectivity index (χ2n) is 12.5. The van der Waals surface area contributed by atoms with Gasteiger partial charge in [0.05, 0.1) is 0 Å². The van der Waals surface area contributed by atoms with E-state index in [0.717, 1.165) is 39.4 Å². The fraction of sp³-hybridized carbons (Fsp3) is 0.270. The van der Waals surface area contributed by atoms with E-state index >= 15 is 0 Å². The maximum Gasteiger partial charge on any atom is 0.151 e. The van der Waals surface area contributed by atoms with E-state index in [0.29, 0.717) is 11.5 Å². The van der Waals surface area contributed by atoms with Crippen LogP contribution in [0.1, 0.15) is 56.9 Å². The first-order valence-electron chi connectivity index (χ1n) is 14.7. The van der Waals surface area contributed by atoms with Crippen molar-refractivity contribution in [1.29, 1.82) is 0 Å². The van der Waals surface area contributed by atoms with Gasteiger partial charge in [-0.2, -0.15) is 23.9 Å². The first-order valence-corrected chi connectivity index (χ1v) is 14.7. The molecule has 0 fully saturated rings. The number of allylic oxidation sites excluding steroid dienone is 2. The first kappa shape index (κ1) is 31.5. The Morgan fingerprint density at radius 2 is 1.55 bits per heavy atom. The Labute approximate surface area is 275 Å². The summed E-state index contributed by atoms with van der Waals surface area (Å²) in [4.78, 5) is 8.97. The number of aromatic nitrogens is 3. The number of anilines is 1. The molecule has 44 heavy (non-hydrogen) atoms. The van der Waals surface area contributed by atoms with Gasteiger partial charge in [-0.05, 0) is 92.7 Å². The van der Waals surface area contributed by atoms with Gasteiger partial charge in [-0.1, -0.05) is 43.9 Å². The molecule has 1 aliphatic rings. The van der Waals surface area contributed by atoms with Gasteiger partial charge in [-0.3, -0.25) is 0 Å². The van der Waals surface area contributed by atoms with Crippen LogP contribution in [0.5, 0.6) is 11.5 Å². The van der Waals surface area contributed by atoms with Gasteiger partial charge in [-0.15, -0.1) is 36.0 Å². The number of hydrogen-bond acceptors (Lipinski definition) is 5. The third-order valence-electron chi connectivity index (χ3n) is 8.24. The van der Waals surface area contributed by atoms with Crippen LogP contribution in [-0.2, 0) is 26.5 Å². The van der Waals surface area contributed by atoms with Gasteiger partial charge in [-0.25, -0.2) is 9.67 Å². The molecule has 1 aliphatic heterocycles. The fourth-order valence-electron chi connectivity index (χ4n) is 5.76. The maximum absolute atomic E-state index is 6.38. The molecule has 0 aliphatic carbocycles. The number of aryl methyl sites for hydroxylation is 3. The minimum absolute atomic E-state index is 0. The summed E-state index contributed by atoms with van der Waals surface area (Å²) >= 11 is 0. The molecule has 0 saturated heterocycles. The van der Waals surface area contributed by atoms with Gasteiger partial charge in [0.25, 0.3) is 0 Å². The zero-order valence-electron chi connectivity index (χ0n) is 26.8. The van der Waals surface area contributed by atoms with Gasteiger partial charge in [0.1, 0.15) is 0 Å². The van der Waals surface area contributed by atoms with Crippen LogP contribution in [0.15, 0.2) is 72.2 Å². The van der Waals surface area contributed by atoms with E-state index in [4.69, 9.17) is 14.8 Å². The minimum Gasteiger partial charge on any atom is -0.509 e. The Bertz CT molecular complexity index is 1880. The predicted octanol–water partition coefficient (Wildman–Crippen LogP) is 8.82. The summed E-state index contributed by atoms with van der Waals surface area (Å²) in [6.45, 7) is 19.3. The van der Waals surface area contributed by atoms with E-state index in [-0.39, 0.29) is 26.5 Å². The van der Waals surface area contributed by atoms with Gasteiger partial charge in [0, 0.05) is 50.2 Å². The van der Waals surface area contributed by atoms with Crippen molar-refractivity contribution in [2.75, 3.05) is 11.9 Å². The van der Waals surface area contributed by atoms with Crippen molar-refractivity contribution in [2.45, 2.75) is 60.8 Å². The topological polar surface area (TPSA) is 46.4 Å². The van der Waals surface area contributed by atoms with Gasteiger partial charge < -0.3 is 14.5 Å². The monoisotopic (exact) mass is 763 g/mol. The van der Waals surface area contributed by atoms with E-state index in [2.05, 4.69) is 114 Å². The zero-order valence-corrected chi connectivity index (χ0v) is 29.1. The van der Waals surface area contributed by atoms with E-state index in [1.165, 1.54) is 28.0 Å². The molecule has 0 atom stereocenters. The van der Waals surface area contributed by atoms with Crippen molar-refractivity contribution >= 4 is 16.6 Å². The molecule has 3 heterocycles. The molecule has 6 rings (SSSR count). The van der Waals surface area contributed by atoms with Crippen molar-refractivity contribution in [3.63, 3.8) is 0 Å². The van der Waals surface area contributed by atoms with Crippen molar-refractivity contribution in [1.82, 2.24) is 19.7 Å². The largest absolute Gasteiger partial charge is 0.509 e. The average Bonchev–Trinajstić information content (AvgIpc) is 3.44. The maximum atomic E-state index is 6.38. The third-order valence-corrected chi connectivity index (χ3v) is 8.24. The molecule has 0 spiro atoms. The van der Waals surface area contributed by atoms with E-state index in [9.17, 15) is 0 Å². The summed E-state index contributed by atoms with van der Waals surface area (Å²) in [7, 11) is 2.05. The molecule has 7 heteroatoms. The smallest absolute Gasteiger partial charge is 0.151 e. The van der Waals surface area contributed by atoms with Crippen LogP contribution in [0.4, 0.5) is 5.69 Å². The Kier molecular flexibility index (Phi) is 8.52. The predicted molar refractivity (Wildman–Crippen MR) is 174 cm³/mol. The molecular weight excluding hydrogens is 726 g/mol. The average molecular weight is 764 g/mol. The molecule has 0 amide bonds. The summed E-state index contributed by atoms with van der Waals surface area (Å²) in [5.41, 5.74) is 10.9. The summed E-state index contributed by atoms with van der Waals surface area (Å²) < 4.78 is 8.28. The number of fused-ring (bicyclic) bond motifs is 1. The Morgan fingerprint density at radius 3 is 2.20 bits per heavy atom. The summed E-state index contributed by atoms with van der Waals surface area (Å²) in [5.74, 6) is 1.95. The van der Waals surface area contributed by atoms with Crippen LogP contribution in [0, 0.1) is 39.6 Å². The summed E-state index contributed by atoms with van der Waals surface area (Å²) in [6, 6.07) is 25.6. The number of pyridine rings is 1. The summed E-state index contributed by atoms with van der Waals surface area (Å²) in [6.07, 6.45) is 1.86. The molecule has 6 nitrogen and oxygen atoms in total.